The van der Waals surface area contributed by atoms with Crippen molar-refractivity contribution in [2.45, 2.75) is 32.4 Å². The molecular weight excluding hydrogens is 308 g/mol. The van der Waals surface area contributed by atoms with E-state index in [1.807, 2.05) is 36.6 Å². The summed E-state index contributed by atoms with van der Waals surface area (Å²) in [6.45, 7) is 3.93. The van der Waals surface area contributed by atoms with Crippen molar-refractivity contribution in [1.29, 1.82) is 0 Å². The molecule has 0 saturated carbocycles. The highest BCUT2D eigenvalue weighted by molar-refractivity contribution is 7.91. The molecule has 0 aliphatic carbocycles. The predicted molar refractivity (Wildman–Crippen MR) is 85.2 cm³/mol. The van der Waals surface area contributed by atoms with Crippen LogP contribution in [0.1, 0.15) is 26.3 Å². The van der Waals surface area contributed by atoms with E-state index in [4.69, 9.17) is 17.0 Å². The Balaban J connectivity index is 2.12. The standard InChI is InChI=1S/C14H18N2O3S2/c1-9(2)19-12-5-3-4-11-13(12)15-14(20)16(11)10-6-7-21(17,18)8-10/h3-5,9-10H,6-8H2,1-2H3,(H,15,20). The average Bonchev–Trinajstić information content (AvgIpc) is 2.88. The van der Waals surface area contributed by atoms with Crippen LogP contribution < -0.4 is 4.74 Å². The van der Waals surface area contributed by atoms with Gasteiger partial charge in [0.2, 0.25) is 0 Å². The van der Waals surface area contributed by atoms with Gasteiger partial charge in [-0.15, -0.1) is 0 Å². The van der Waals surface area contributed by atoms with Crippen LogP contribution in [0.5, 0.6) is 5.75 Å². The lowest BCUT2D eigenvalue weighted by molar-refractivity contribution is 0.245. The third kappa shape index (κ3) is 2.72. The number of sulfone groups is 1. The Morgan fingerprint density at radius 2 is 2.19 bits per heavy atom. The fraction of sp³-hybridized carbons (Fsp3) is 0.500. The lowest BCUT2D eigenvalue weighted by atomic mass is 10.2. The smallest absolute Gasteiger partial charge is 0.178 e. The third-order valence-corrected chi connectivity index (χ3v) is 5.70. The monoisotopic (exact) mass is 326 g/mol. The van der Waals surface area contributed by atoms with Gasteiger partial charge in [-0.05, 0) is 44.6 Å². The van der Waals surface area contributed by atoms with Crippen molar-refractivity contribution >= 4 is 33.1 Å². The molecule has 1 N–H and O–H groups in total. The summed E-state index contributed by atoms with van der Waals surface area (Å²) in [6, 6.07) is 5.65. The normalized spacial score (nSPS) is 21.2. The molecule has 2 aromatic rings. The zero-order valence-corrected chi connectivity index (χ0v) is 13.6. The van der Waals surface area contributed by atoms with Crippen LogP contribution in [0, 0.1) is 4.77 Å². The Morgan fingerprint density at radius 3 is 2.81 bits per heavy atom. The van der Waals surface area contributed by atoms with Crippen LogP contribution >= 0.6 is 12.2 Å². The van der Waals surface area contributed by atoms with Gasteiger partial charge < -0.3 is 14.3 Å². The van der Waals surface area contributed by atoms with Crippen molar-refractivity contribution in [1.82, 2.24) is 9.55 Å². The number of H-pyrrole nitrogens is 1. The van der Waals surface area contributed by atoms with Crippen LogP contribution in [0.2, 0.25) is 0 Å². The maximum atomic E-state index is 11.7. The van der Waals surface area contributed by atoms with Gasteiger partial charge in [0, 0.05) is 0 Å². The van der Waals surface area contributed by atoms with Crippen LogP contribution in [0.25, 0.3) is 11.0 Å². The summed E-state index contributed by atoms with van der Waals surface area (Å²) in [6.07, 6.45) is 0.673. The summed E-state index contributed by atoms with van der Waals surface area (Å²) < 4.78 is 31.7. The van der Waals surface area contributed by atoms with Crippen LogP contribution in [0.15, 0.2) is 18.2 Å². The molecule has 1 atom stereocenters. The van der Waals surface area contributed by atoms with E-state index in [9.17, 15) is 8.42 Å². The molecule has 7 heteroatoms. The maximum Gasteiger partial charge on any atom is 0.178 e. The summed E-state index contributed by atoms with van der Waals surface area (Å²) >= 11 is 5.39. The summed E-state index contributed by atoms with van der Waals surface area (Å²) in [4.78, 5) is 3.16. The van der Waals surface area contributed by atoms with Gasteiger partial charge in [0.1, 0.15) is 11.3 Å². The highest BCUT2D eigenvalue weighted by Crippen LogP contribution is 2.32. The first-order valence-corrected chi connectivity index (χ1v) is 9.20. The van der Waals surface area contributed by atoms with Crippen LogP contribution in [0.3, 0.4) is 0 Å². The van der Waals surface area contributed by atoms with Gasteiger partial charge in [-0.2, -0.15) is 0 Å². The minimum atomic E-state index is -2.95. The zero-order chi connectivity index (χ0) is 15.2. The second-order valence-corrected chi connectivity index (χ2v) is 8.29. The molecule has 2 heterocycles. The number of nitrogens with zero attached hydrogens (tertiary/aromatic N) is 1. The molecule has 1 aromatic heterocycles. The van der Waals surface area contributed by atoms with Crippen LogP contribution in [0.4, 0.5) is 0 Å². The van der Waals surface area contributed by atoms with E-state index in [-0.39, 0.29) is 23.7 Å². The predicted octanol–water partition coefficient (Wildman–Crippen LogP) is 2.85. The fourth-order valence-corrected chi connectivity index (χ4v) is 4.87. The van der Waals surface area contributed by atoms with Crippen molar-refractivity contribution in [3.05, 3.63) is 23.0 Å². The number of ether oxygens (including phenoxy) is 1. The number of hydrogen-bond donors (Lipinski definition) is 1. The van der Waals surface area contributed by atoms with Crippen LogP contribution in [-0.4, -0.2) is 35.6 Å². The van der Waals surface area contributed by atoms with E-state index in [0.717, 1.165) is 16.8 Å². The minimum absolute atomic E-state index is 0.0628. The van der Waals surface area contributed by atoms with E-state index in [1.165, 1.54) is 0 Å². The molecule has 1 aromatic carbocycles. The van der Waals surface area contributed by atoms with Gasteiger partial charge in [0.05, 0.1) is 29.2 Å². The molecule has 1 saturated heterocycles. The molecule has 0 bridgehead atoms. The van der Waals surface area contributed by atoms with E-state index in [1.54, 1.807) is 0 Å². The molecule has 1 fully saturated rings. The average molecular weight is 326 g/mol. The third-order valence-electron chi connectivity index (χ3n) is 3.65. The Hall–Kier alpha value is -1.34. The van der Waals surface area contributed by atoms with Crippen molar-refractivity contribution in [3.63, 3.8) is 0 Å². The lowest BCUT2D eigenvalue weighted by Gasteiger charge is -2.13. The van der Waals surface area contributed by atoms with Crippen molar-refractivity contribution in [2.24, 2.45) is 0 Å². The zero-order valence-electron chi connectivity index (χ0n) is 12.0. The number of para-hydroxylation sites is 1. The molecule has 0 radical (unpaired) electrons. The molecule has 114 valence electrons. The number of aromatic nitrogens is 2. The fourth-order valence-electron chi connectivity index (χ4n) is 2.82. The minimum Gasteiger partial charge on any atom is -0.489 e. The van der Waals surface area contributed by atoms with Gasteiger partial charge in [-0.1, -0.05) is 6.07 Å². The Labute approximate surface area is 128 Å². The molecular formula is C14H18N2O3S2. The highest BCUT2D eigenvalue weighted by atomic mass is 32.2. The first kappa shape index (κ1) is 14.6. The topological polar surface area (TPSA) is 64.1 Å². The molecule has 1 aliphatic heterocycles. The Bertz CT molecular complexity index is 834. The number of imidazole rings is 1. The Morgan fingerprint density at radius 1 is 1.43 bits per heavy atom. The number of aromatic amines is 1. The summed E-state index contributed by atoms with van der Waals surface area (Å²) in [7, 11) is -2.95. The van der Waals surface area contributed by atoms with Crippen molar-refractivity contribution in [3.8, 4) is 5.75 Å². The number of hydrogen-bond acceptors (Lipinski definition) is 4. The molecule has 0 spiro atoms. The van der Waals surface area contributed by atoms with Gasteiger partial charge >= 0.3 is 0 Å². The van der Waals surface area contributed by atoms with Crippen LogP contribution in [-0.2, 0) is 9.84 Å². The van der Waals surface area contributed by atoms with E-state index >= 15 is 0 Å². The van der Waals surface area contributed by atoms with E-state index in [0.29, 0.717) is 11.2 Å². The van der Waals surface area contributed by atoms with Crippen molar-refractivity contribution < 1.29 is 13.2 Å². The quantitative estimate of drug-likeness (QED) is 0.881. The first-order chi connectivity index (χ1) is 9.87. The molecule has 1 aliphatic rings. The van der Waals surface area contributed by atoms with Gasteiger partial charge in [-0.3, -0.25) is 0 Å². The second kappa shape index (κ2) is 5.14. The molecule has 5 nitrogen and oxygen atoms in total. The number of benzene rings is 1. The molecule has 3 rings (SSSR count). The number of rotatable bonds is 3. The van der Waals surface area contributed by atoms with Crippen molar-refractivity contribution in [2.75, 3.05) is 11.5 Å². The molecule has 21 heavy (non-hydrogen) atoms. The summed E-state index contributed by atoms with van der Waals surface area (Å²) in [5.74, 6) is 1.13. The Kier molecular flexibility index (Phi) is 3.57. The SMILES string of the molecule is CC(C)Oc1cccc2c1[nH]c(=S)n2C1CCS(=O)(=O)C1. The largest absolute Gasteiger partial charge is 0.489 e. The summed E-state index contributed by atoms with van der Waals surface area (Å²) in [5.41, 5.74) is 1.74. The van der Waals surface area contributed by atoms with E-state index < -0.39 is 9.84 Å². The maximum absolute atomic E-state index is 11.7. The lowest BCUT2D eigenvalue weighted by Crippen LogP contribution is -2.11. The number of nitrogens with one attached hydrogen (secondary N) is 1. The van der Waals surface area contributed by atoms with E-state index in [2.05, 4.69) is 4.98 Å². The van der Waals surface area contributed by atoms with Gasteiger partial charge in [0.15, 0.2) is 14.6 Å². The first-order valence-electron chi connectivity index (χ1n) is 6.98. The van der Waals surface area contributed by atoms with Gasteiger partial charge in [-0.25, -0.2) is 8.42 Å². The molecule has 1 unspecified atom stereocenters. The molecule has 0 amide bonds. The van der Waals surface area contributed by atoms with Gasteiger partial charge in [0.25, 0.3) is 0 Å². The number of fused-ring (bicyclic) bond motifs is 1. The second-order valence-electron chi connectivity index (χ2n) is 5.67. The summed E-state index contributed by atoms with van der Waals surface area (Å²) in [5, 5.41) is 0. The highest BCUT2D eigenvalue weighted by Gasteiger charge is 2.30.